The first-order valence-corrected chi connectivity index (χ1v) is 9.66. The highest BCUT2D eigenvalue weighted by Crippen LogP contribution is 2.34. The topological polar surface area (TPSA) is 56.7 Å². The number of hydrogen-bond donors (Lipinski definition) is 0. The molecule has 6 nitrogen and oxygen atoms in total. The van der Waals surface area contributed by atoms with Crippen LogP contribution in [0.1, 0.15) is 18.4 Å². The van der Waals surface area contributed by atoms with Crippen LogP contribution in [-0.2, 0) is 9.47 Å². The van der Waals surface area contributed by atoms with Crippen LogP contribution in [0.15, 0.2) is 10.5 Å². The van der Waals surface area contributed by atoms with Crippen LogP contribution in [-0.4, -0.2) is 55.6 Å². The zero-order chi connectivity index (χ0) is 18.1. The predicted molar refractivity (Wildman–Crippen MR) is 99.4 cm³/mol. The number of fused-ring (bicyclic) bond motifs is 1. The Balaban J connectivity index is 1.79. The fraction of sp³-hybridized carbons (Fsp3) is 0.556. The fourth-order valence-electron chi connectivity index (χ4n) is 3.31. The zero-order valence-electron chi connectivity index (χ0n) is 14.6. The molecule has 2 aliphatic rings. The van der Waals surface area contributed by atoms with E-state index in [1.54, 1.807) is 0 Å². The van der Waals surface area contributed by atoms with Crippen LogP contribution in [0.5, 0.6) is 6.01 Å². The molecule has 0 bridgehead atoms. The molecule has 0 saturated carbocycles. The number of benzene rings is 1. The summed E-state index contributed by atoms with van der Waals surface area (Å²) in [5.41, 5.74) is 1.09. The molecule has 26 heavy (non-hydrogen) atoms. The lowest BCUT2D eigenvalue weighted by molar-refractivity contribution is 0.0218. The largest absolute Gasteiger partial charge is 0.460 e. The minimum absolute atomic E-state index is 0.00399. The number of hydrogen-bond acceptors (Lipinski definition) is 6. The normalized spacial score (nSPS) is 19.1. The Morgan fingerprint density at radius 2 is 1.85 bits per heavy atom. The van der Waals surface area contributed by atoms with Crippen LogP contribution in [0.3, 0.4) is 0 Å². The van der Waals surface area contributed by atoms with E-state index >= 15 is 0 Å². The van der Waals surface area contributed by atoms with Crippen molar-refractivity contribution >= 4 is 32.7 Å². The molecule has 3 heterocycles. The zero-order valence-corrected chi connectivity index (χ0v) is 16.2. The molecule has 140 valence electrons. The van der Waals surface area contributed by atoms with Crippen LogP contribution in [0.4, 0.5) is 10.2 Å². The van der Waals surface area contributed by atoms with Crippen molar-refractivity contribution in [3.8, 4) is 6.01 Å². The van der Waals surface area contributed by atoms with E-state index in [1.165, 1.54) is 0 Å². The van der Waals surface area contributed by atoms with E-state index in [1.807, 2.05) is 13.0 Å². The quantitative estimate of drug-likeness (QED) is 0.752. The Morgan fingerprint density at radius 3 is 2.58 bits per heavy atom. The number of nitrogens with zero attached hydrogens (tertiary/aromatic N) is 3. The Bertz CT molecular complexity index is 808. The van der Waals surface area contributed by atoms with E-state index in [-0.39, 0.29) is 23.4 Å². The van der Waals surface area contributed by atoms with Crippen molar-refractivity contribution in [1.29, 1.82) is 0 Å². The highest BCUT2D eigenvalue weighted by atomic mass is 79.9. The van der Waals surface area contributed by atoms with Crippen LogP contribution in [0.25, 0.3) is 10.9 Å². The summed E-state index contributed by atoms with van der Waals surface area (Å²) < 4.78 is 32.1. The summed E-state index contributed by atoms with van der Waals surface area (Å²) in [5, 5.41) is 0.699. The van der Waals surface area contributed by atoms with Gasteiger partial charge >= 0.3 is 6.01 Å². The molecule has 0 aliphatic carbocycles. The van der Waals surface area contributed by atoms with Crippen molar-refractivity contribution in [3.63, 3.8) is 0 Å². The maximum Gasteiger partial charge on any atom is 0.319 e. The molecule has 8 heteroatoms. The van der Waals surface area contributed by atoms with E-state index < -0.39 is 0 Å². The predicted octanol–water partition coefficient (Wildman–Crippen LogP) is 3.23. The van der Waals surface area contributed by atoms with Gasteiger partial charge in [-0.25, -0.2) is 4.39 Å². The fourth-order valence-corrected chi connectivity index (χ4v) is 3.61. The van der Waals surface area contributed by atoms with Gasteiger partial charge in [0, 0.05) is 31.3 Å². The van der Waals surface area contributed by atoms with Crippen LogP contribution in [0, 0.1) is 12.7 Å². The molecule has 0 spiro atoms. The minimum Gasteiger partial charge on any atom is -0.460 e. The monoisotopic (exact) mass is 425 g/mol. The molecule has 1 aromatic heterocycles. The number of rotatable bonds is 3. The summed E-state index contributed by atoms with van der Waals surface area (Å²) in [4.78, 5) is 11.1. The lowest BCUT2D eigenvalue weighted by Gasteiger charge is -2.29. The average molecular weight is 426 g/mol. The van der Waals surface area contributed by atoms with Crippen molar-refractivity contribution in [3.05, 3.63) is 21.9 Å². The molecule has 2 fully saturated rings. The van der Waals surface area contributed by atoms with E-state index in [2.05, 4.69) is 30.8 Å². The van der Waals surface area contributed by atoms with Crippen molar-refractivity contribution in [1.82, 2.24) is 9.97 Å². The molecule has 0 N–H and O–H groups in total. The van der Waals surface area contributed by atoms with Crippen LogP contribution >= 0.6 is 15.9 Å². The number of aryl methyl sites for hydroxylation is 1. The summed E-state index contributed by atoms with van der Waals surface area (Å²) in [6, 6.07) is 2.14. The first-order chi connectivity index (χ1) is 12.6. The smallest absolute Gasteiger partial charge is 0.319 e. The second-order valence-corrected chi connectivity index (χ2v) is 7.37. The molecule has 2 aromatic rings. The Kier molecular flexibility index (Phi) is 5.24. The van der Waals surface area contributed by atoms with Crippen molar-refractivity contribution in [2.45, 2.75) is 25.9 Å². The minimum atomic E-state index is -0.381. The van der Waals surface area contributed by atoms with Gasteiger partial charge in [0.25, 0.3) is 0 Å². The SMILES string of the molecule is Cc1cc2c(N3CCOCC3)nc(OC3CCOCC3)nc2c(F)c1Br. The lowest BCUT2D eigenvalue weighted by Crippen LogP contribution is -2.37. The molecule has 0 unspecified atom stereocenters. The number of anilines is 1. The van der Waals surface area contributed by atoms with Crippen LogP contribution < -0.4 is 9.64 Å². The van der Waals surface area contributed by atoms with Gasteiger partial charge in [0.2, 0.25) is 0 Å². The molecule has 2 saturated heterocycles. The summed E-state index contributed by atoms with van der Waals surface area (Å²) in [7, 11) is 0. The standard InChI is InChI=1S/C18H21BrFN3O3/c1-11-10-13-16(15(20)14(11)19)21-18(26-12-2-6-24-7-3-12)22-17(13)23-4-8-25-9-5-23/h10,12H,2-9H2,1H3. The van der Waals surface area contributed by atoms with Crippen molar-refractivity contribution < 1.29 is 18.6 Å². The molecule has 0 radical (unpaired) electrons. The van der Waals surface area contributed by atoms with Gasteiger partial charge < -0.3 is 19.1 Å². The molecule has 0 amide bonds. The Labute approximate surface area is 159 Å². The number of aromatic nitrogens is 2. The van der Waals surface area contributed by atoms with Gasteiger partial charge in [-0.15, -0.1) is 0 Å². The average Bonchev–Trinajstić information content (AvgIpc) is 2.68. The lowest BCUT2D eigenvalue weighted by atomic mass is 10.1. The van der Waals surface area contributed by atoms with Gasteiger partial charge in [0.1, 0.15) is 17.4 Å². The summed E-state index contributed by atoms with van der Waals surface area (Å²) in [6.45, 7) is 5.85. The molecule has 0 atom stereocenters. The first-order valence-electron chi connectivity index (χ1n) is 8.87. The maximum atomic E-state index is 14.9. The first kappa shape index (κ1) is 17.9. The van der Waals surface area contributed by atoms with Gasteiger partial charge in [0.15, 0.2) is 5.82 Å². The van der Waals surface area contributed by atoms with E-state index in [0.29, 0.717) is 55.2 Å². The number of halogens is 2. The maximum absolute atomic E-state index is 14.9. The molecule has 1 aromatic carbocycles. The van der Waals surface area contributed by atoms with Gasteiger partial charge in [-0.3, -0.25) is 0 Å². The molecular formula is C18H21BrFN3O3. The summed E-state index contributed by atoms with van der Waals surface area (Å²) in [5.74, 6) is 0.323. The summed E-state index contributed by atoms with van der Waals surface area (Å²) in [6.07, 6.45) is 1.57. The van der Waals surface area contributed by atoms with Crippen LogP contribution in [0.2, 0.25) is 0 Å². The van der Waals surface area contributed by atoms with Gasteiger partial charge in [-0.1, -0.05) is 0 Å². The highest BCUT2D eigenvalue weighted by molar-refractivity contribution is 9.10. The molecule has 4 rings (SSSR count). The van der Waals surface area contributed by atoms with Crippen molar-refractivity contribution in [2.24, 2.45) is 0 Å². The number of ether oxygens (including phenoxy) is 3. The third-order valence-corrected chi connectivity index (χ3v) is 5.74. The van der Waals surface area contributed by atoms with Gasteiger partial charge in [-0.2, -0.15) is 9.97 Å². The number of morpholine rings is 1. The third-order valence-electron chi connectivity index (χ3n) is 4.76. The van der Waals surface area contributed by atoms with Gasteiger partial charge in [-0.05, 0) is 34.5 Å². The van der Waals surface area contributed by atoms with E-state index in [9.17, 15) is 4.39 Å². The second-order valence-electron chi connectivity index (χ2n) is 6.58. The van der Waals surface area contributed by atoms with Crippen molar-refractivity contribution in [2.75, 3.05) is 44.4 Å². The second kappa shape index (κ2) is 7.62. The summed E-state index contributed by atoms with van der Waals surface area (Å²) >= 11 is 3.32. The Hall–Kier alpha value is -1.51. The third kappa shape index (κ3) is 3.50. The molecular weight excluding hydrogens is 405 g/mol. The van der Waals surface area contributed by atoms with E-state index in [4.69, 9.17) is 14.2 Å². The molecule has 2 aliphatic heterocycles. The van der Waals surface area contributed by atoms with Gasteiger partial charge in [0.05, 0.1) is 30.9 Å². The Morgan fingerprint density at radius 1 is 1.15 bits per heavy atom. The van der Waals surface area contributed by atoms with E-state index in [0.717, 1.165) is 18.4 Å². The highest BCUT2D eigenvalue weighted by Gasteiger charge is 2.23.